The van der Waals surface area contributed by atoms with Crippen molar-refractivity contribution in [3.8, 4) is 0 Å². The van der Waals surface area contributed by atoms with Gasteiger partial charge in [-0.3, -0.25) is 9.36 Å². The molecule has 0 fully saturated rings. The van der Waals surface area contributed by atoms with E-state index in [2.05, 4.69) is 15.1 Å². The van der Waals surface area contributed by atoms with Crippen LogP contribution >= 0.6 is 11.3 Å². The van der Waals surface area contributed by atoms with Crippen LogP contribution < -0.4 is 5.56 Å². The highest BCUT2D eigenvalue weighted by Crippen LogP contribution is 2.28. The van der Waals surface area contributed by atoms with Crippen LogP contribution in [0.5, 0.6) is 0 Å². The lowest BCUT2D eigenvalue weighted by Crippen LogP contribution is -2.40. The molecule has 7 nitrogen and oxygen atoms in total. The summed E-state index contributed by atoms with van der Waals surface area (Å²) in [6, 6.07) is 4.62. The highest BCUT2D eigenvalue weighted by Gasteiger charge is 2.34. The molecule has 0 saturated heterocycles. The minimum Gasteiger partial charge on any atom is -0.381 e. The third-order valence-corrected chi connectivity index (χ3v) is 5.35. The van der Waals surface area contributed by atoms with Crippen LogP contribution in [0.15, 0.2) is 48.0 Å². The normalized spacial score (nSPS) is 13.7. The Morgan fingerprint density at radius 1 is 1.21 bits per heavy atom. The Kier molecular flexibility index (Phi) is 4.52. The summed E-state index contributed by atoms with van der Waals surface area (Å²) in [4.78, 5) is 22.4. The Morgan fingerprint density at radius 3 is 2.75 bits per heavy atom. The first-order valence-electron chi connectivity index (χ1n) is 8.32. The molecule has 3 aromatic heterocycles. The van der Waals surface area contributed by atoms with Crippen LogP contribution in [0.1, 0.15) is 10.4 Å². The number of hydrogen-bond acceptors (Lipinski definition) is 6. The first-order chi connectivity index (χ1) is 13.4. The van der Waals surface area contributed by atoms with Gasteiger partial charge in [-0.1, -0.05) is 6.07 Å². The predicted octanol–water partition coefficient (Wildman–Crippen LogP) is 2.22. The van der Waals surface area contributed by atoms with Gasteiger partial charge in [-0.25, -0.2) is 23.4 Å². The molecule has 0 radical (unpaired) electrons. The van der Waals surface area contributed by atoms with Crippen LogP contribution in [0.3, 0.4) is 0 Å². The third kappa shape index (κ3) is 3.32. The van der Waals surface area contributed by atoms with Crippen LogP contribution in [0.25, 0.3) is 10.2 Å². The maximum Gasteiger partial charge on any atom is 0.262 e. The maximum absolute atomic E-state index is 14.5. The van der Waals surface area contributed by atoms with Gasteiger partial charge in [0.15, 0.2) is 0 Å². The monoisotopic (exact) mass is 403 g/mol. The summed E-state index contributed by atoms with van der Waals surface area (Å²) < 4.78 is 30.4. The summed E-state index contributed by atoms with van der Waals surface area (Å²) in [6.07, 6.45) is 3.95. The Balaban J connectivity index is 1.82. The van der Waals surface area contributed by atoms with Gasteiger partial charge in [-0.15, -0.1) is 11.3 Å². The summed E-state index contributed by atoms with van der Waals surface area (Å²) in [6.45, 7) is 1.37. The largest absolute Gasteiger partial charge is 0.381 e. The molecule has 0 amide bonds. The van der Waals surface area contributed by atoms with Gasteiger partial charge >= 0.3 is 0 Å². The number of aryl methyl sites for hydroxylation is 1. The Labute approximate surface area is 161 Å². The van der Waals surface area contributed by atoms with E-state index < -0.39 is 17.2 Å². The van der Waals surface area contributed by atoms with Crippen molar-refractivity contribution in [2.45, 2.75) is 25.6 Å². The van der Waals surface area contributed by atoms with Crippen molar-refractivity contribution in [2.24, 2.45) is 0 Å². The molecule has 144 valence electrons. The van der Waals surface area contributed by atoms with Crippen LogP contribution in [0, 0.1) is 18.6 Å². The molecule has 0 aliphatic carbocycles. The Bertz CT molecular complexity index is 1200. The molecule has 4 rings (SSSR count). The lowest BCUT2D eigenvalue weighted by atomic mass is 9.92. The molecule has 0 unspecified atom stereocenters. The van der Waals surface area contributed by atoms with Crippen molar-refractivity contribution in [2.75, 3.05) is 0 Å². The molecule has 0 bridgehead atoms. The van der Waals surface area contributed by atoms with E-state index >= 15 is 0 Å². The fraction of sp³-hybridized carbons (Fsp3) is 0.222. The van der Waals surface area contributed by atoms with E-state index in [0.717, 1.165) is 17.0 Å². The lowest BCUT2D eigenvalue weighted by Gasteiger charge is -2.29. The van der Waals surface area contributed by atoms with Crippen molar-refractivity contribution in [1.29, 1.82) is 0 Å². The van der Waals surface area contributed by atoms with Gasteiger partial charge in [0.2, 0.25) is 0 Å². The third-order valence-electron chi connectivity index (χ3n) is 4.40. The molecule has 0 saturated carbocycles. The molecule has 1 N–H and O–H groups in total. The molecule has 3 heterocycles. The number of aliphatic hydroxyl groups is 1. The van der Waals surface area contributed by atoms with Gasteiger partial charge < -0.3 is 5.11 Å². The van der Waals surface area contributed by atoms with E-state index in [9.17, 15) is 18.7 Å². The number of halogens is 2. The zero-order valence-corrected chi connectivity index (χ0v) is 15.5. The quantitative estimate of drug-likeness (QED) is 0.552. The standard InChI is InChI=1S/C18H15F2N5O2S/c1-11-4-13-16(28-11)22-10-24(17(13)26)6-18(27,7-25-9-21-8-23-25)14-3-2-12(19)5-15(14)20/h2-5,8-10,27H,6-7H2,1H3/t18-/m1/s1. The van der Waals surface area contributed by atoms with Gasteiger partial charge in [0.25, 0.3) is 5.56 Å². The molecule has 1 aromatic carbocycles. The van der Waals surface area contributed by atoms with Crippen LogP contribution in [-0.4, -0.2) is 29.4 Å². The van der Waals surface area contributed by atoms with Gasteiger partial charge in [-0.2, -0.15) is 5.10 Å². The first kappa shape index (κ1) is 18.4. The summed E-state index contributed by atoms with van der Waals surface area (Å²) >= 11 is 1.39. The first-order valence-corrected chi connectivity index (χ1v) is 9.13. The zero-order valence-electron chi connectivity index (χ0n) is 14.7. The van der Waals surface area contributed by atoms with Crippen molar-refractivity contribution < 1.29 is 13.9 Å². The second-order valence-corrected chi connectivity index (χ2v) is 7.74. The summed E-state index contributed by atoms with van der Waals surface area (Å²) in [5.41, 5.74) is -2.40. The zero-order chi connectivity index (χ0) is 19.9. The number of rotatable bonds is 5. The molecule has 1 atom stereocenters. The van der Waals surface area contributed by atoms with Gasteiger partial charge in [0.05, 0.1) is 24.8 Å². The lowest BCUT2D eigenvalue weighted by molar-refractivity contribution is -0.00640. The topological polar surface area (TPSA) is 85.8 Å². The molecular formula is C18H15F2N5O2S. The van der Waals surface area contributed by atoms with Crippen LogP contribution in [-0.2, 0) is 18.7 Å². The van der Waals surface area contributed by atoms with Gasteiger partial charge in [-0.05, 0) is 19.1 Å². The molecule has 10 heteroatoms. The smallest absolute Gasteiger partial charge is 0.262 e. The van der Waals surface area contributed by atoms with Gasteiger partial charge in [0, 0.05) is 16.5 Å². The number of fused-ring (bicyclic) bond motifs is 1. The van der Waals surface area contributed by atoms with Crippen molar-refractivity contribution >= 4 is 21.6 Å². The van der Waals surface area contributed by atoms with E-state index in [1.807, 2.05) is 6.92 Å². The van der Waals surface area contributed by atoms with Crippen LogP contribution in [0.4, 0.5) is 8.78 Å². The minimum atomic E-state index is -1.89. The van der Waals surface area contributed by atoms with Crippen molar-refractivity contribution in [3.63, 3.8) is 0 Å². The molecular weight excluding hydrogens is 388 g/mol. The number of nitrogens with zero attached hydrogens (tertiary/aromatic N) is 5. The summed E-state index contributed by atoms with van der Waals surface area (Å²) in [5, 5.41) is 15.7. The maximum atomic E-state index is 14.5. The Hall–Kier alpha value is -2.98. The predicted molar refractivity (Wildman–Crippen MR) is 98.9 cm³/mol. The highest BCUT2D eigenvalue weighted by atomic mass is 32.1. The van der Waals surface area contributed by atoms with E-state index in [-0.39, 0.29) is 24.2 Å². The van der Waals surface area contributed by atoms with Gasteiger partial charge in [0.1, 0.15) is 34.7 Å². The highest BCUT2D eigenvalue weighted by molar-refractivity contribution is 7.18. The minimum absolute atomic E-state index is 0.155. The van der Waals surface area contributed by atoms with Crippen molar-refractivity contribution in [3.05, 3.63) is 75.7 Å². The molecule has 4 aromatic rings. The number of hydrogen-bond donors (Lipinski definition) is 1. The average molecular weight is 403 g/mol. The molecule has 28 heavy (non-hydrogen) atoms. The van der Waals surface area contributed by atoms with E-state index in [1.165, 1.54) is 39.6 Å². The number of benzene rings is 1. The molecule has 0 aliphatic rings. The second kappa shape index (κ2) is 6.88. The van der Waals surface area contributed by atoms with E-state index in [1.54, 1.807) is 6.07 Å². The second-order valence-electron chi connectivity index (χ2n) is 6.50. The van der Waals surface area contributed by atoms with Crippen molar-refractivity contribution in [1.82, 2.24) is 24.3 Å². The number of aromatic nitrogens is 5. The van der Waals surface area contributed by atoms with Crippen LogP contribution in [0.2, 0.25) is 0 Å². The molecule has 0 aliphatic heterocycles. The Morgan fingerprint density at radius 2 is 2.04 bits per heavy atom. The fourth-order valence-electron chi connectivity index (χ4n) is 3.14. The summed E-state index contributed by atoms with van der Waals surface area (Å²) in [7, 11) is 0. The fourth-order valence-corrected chi connectivity index (χ4v) is 3.98. The van der Waals surface area contributed by atoms with E-state index in [4.69, 9.17) is 0 Å². The number of thiophene rings is 1. The summed E-state index contributed by atoms with van der Waals surface area (Å²) in [5.74, 6) is -1.69. The SMILES string of the molecule is Cc1cc2c(=O)n(C[C@@](O)(Cn3cncn3)c3ccc(F)cc3F)cnc2s1. The molecule has 0 spiro atoms. The van der Waals surface area contributed by atoms with E-state index in [0.29, 0.717) is 16.3 Å². The average Bonchev–Trinajstić information content (AvgIpc) is 3.26.